The number of hydrogen-bond acceptors (Lipinski definition) is 3. The van der Waals surface area contributed by atoms with Crippen LogP contribution >= 0.6 is 0 Å². The van der Waals surface area contributed by atoms with Gasteiger partial charge in [-0.1, -0.05) is 19.8 Å². The van der Waals surface area contributed by atoms with Crippen LogP contribution in [0.5, 0.6) is 0 Å². The highest BCUT2D eigenvalue weighted by Gasteiger charge is 2.11. The molecule has 0 saturated heterocycles. The van der Waals surface area contributed by atoms with Gasteiger partial charge in [0.2, 0.25) is 0 Å². The van der Waals surface area contributed by atoms with Crippen molar-refractivity contribution in [3.63, 3.8) is 0 Å². The first kappa shape index (κ1) is 15.2. The molecule has 0 aliphatic heterocycles. The van der Waals surface area contributed by atoms with Crippen LogP contribution in [0.15, 0.2) is 12.4 Å². The van der Waals surface area contributed by atoms with Crippen molar-refractivity contribution in [1.29, 1.82) is 0 Å². The van der Waals surface area contributed by atoms with Gasteiger partial charge in [0.25, 0.3) is 5.91 Å². The molecule has 1 heterocycles. The molecule has 0 radical (unpaired) electrons. The SMILES string of the molecule is CCCC(CCNC(=O)c1cn[nH]c1)CCC(=O)O. The first-order valence-electron chi connectivity index (χ1n) is 6.62. The van der Waals surface area contributed by atoms with E-state index in [4.69, 9.17) is 5.11 Å². The average Bonchev–Trinajstić information content (AvgIpc) is 2.89. The lowest BCUT2D eigenvalue weighted by Gasteiger charge is -2.15. The minimum atomic E-state index is -0.761. The van der Waals surface area contributed by atoms with Gasteiger partial charge < -0.3 is 10.4 Å². The van der Waals surface area contributed by atoms with E-state index in [2.05, 4.69) is 22.4 Å². The molecule has 0 aliphatic rings. The van der Waals surface area contributed by atoms with Gasteiger partial charge in [-0.3, -0.25) is 14.7 Å². The number of H-pyrrole nitrogens is 1. The van der Waals surface area contributed by atoms with Crippen LogP contribution in [0.25, 0.3) is 0 Å². The number of nitrogens with zero attached hydrogens (tertiary/aromatic N) is 1. The van der Waals surface area contributed by atoms with Crippen LogP contribution in [0, 0.1) is 5.92 Å². The molecule has 19 heavy (non-hydrogen) atoms. The molecule has 0 aliphatic carbocycles. The third-order valence-corrected chi connectivity index (χ3v) is 3.06. The quantitative estimate of drug-likeness (QED) is 0.636. The molecule has 1 amide bonds. The number of carbonyl (C=O) groups is 2. The van der Waals surface area contributed by atoms with Crippen molar-refractivity contribution in [2.24, 2.45) is 5.92 Å². The van der Waals surface area contributed by atoms with Crippen LogP contribution in [-0.4, -0.2) is 33.7 Å². The molecule has 6 heteroatoms. The Labute approximate surface area is 112 Å². The summed E-state index contributed by atoms with van der Waals surface area (Å²) in [4.78, 5) is 22.2. The Hall–Kier alpha value is -1.85. The third-order valence-electron chi connectivity index (χ3n) is 3.06. The number of aromatic nitrogens is 2. The second-order valence-corrected chi connectivity index (χ2v) is 4.62. The number of rotatable bonds is 9. The smallest absolute Gasteiger partial charge is 0.303 e. The van der Waals surface area contributed by atoms with E-state index >= 15 is 0 Å². The summed E-state index contributed by atoms with van der Waals surface area (Å²) in [7, 11) is 0. The van der Waals surface area contributed by atoms with Crippen molar-refractivity contribution < 1.29 is 14.7 Å². The maximum atomic E-state index is 11.6. The number of hydrogen-bond donors (Lipinski definition) is 3. The second-order valence-electron chi connectivity index (χ2n) is 4.62. The molecule has 0 fully saturated rings. The number of aromatic amines is 1. The van der Waals surface area contributed by atoms with E-state index in [0.717, 1.165) is 19.3 Å². The molecule has 3 N–H and O–H groups in total. The van der Waals surface area contributed by atoms with Crippen LogP contribution < -0.4 is 5.32 Å². The fraction of sp³-hybridized carbons (Fsp3) is 0.615. The maximum absolute atomic E-state index is 11.6. The molecule has 1 rings (SSSR count). The van der Waals surface area contributed by atoms with Crippen LogP contribution in [-0.2, 0) is 4.79 Å². The highest BCUT2D eigenvalue weighted by molar-refractivity contribution is 5.93. The maximum Gasteiger partial charge on any atom is 0.303 e. The normalized spacial score (nSPS) is 12.1. The van der Waals surface area contributed by atoms with Gasteiger partial charge in [-0.2, -0.15) is 5.10 Å². The molecule has 6 nitrogen and oxygen atoms in total. The first-order chi connectivity index (χ1) is 9.13. The Kier molecular flexibility index (Phi) is 6.63. The number of aliphatic carboxylic acids is 1. The van der Waals surface area contributed by atoms with Gasteiger partial charge in [0.1, 0.15) is 0 Å². The topological polar surface area (TPSA) is 95.1 Å². The molecule has 1 aromatic rings. The second kappa shape index (κ2) is 8.29. The Morgan fingerprint density at radius 2 is 2.21 bits per heavy atom. The summed E-state index contributed by atoms with van der Waals surface area (Å²) in [6.45, 7) is 2.64. The molecule has 1 unspecified atom stereocenters. The number of nitrogens with one attached hydrogen (secondary N) is 2. The lowest BCUT2D eigenvalue weighted by molar-refractivity contribution is -0.137. The standard InChI is InChI=1S/C13H21N3O3/c1-2-3-10(4-5-12(17)18)6-7-14-13(19)11-8-15-16-9-11/h8-10H,2-7H2,1H3,(H,14,19)(H,15,16)(H,17,18). The lowest BCUT2D eigenvalue weighted by atomic mass is 9.94. The van der Waals surface area contributed by atoms with E-state index < -0.39 is 5.97 Å². The summed E-state index contributed by atoms with van der Waals surface area (Å²) >= 11 is 0. The monoisotopic (exact) mass is 267 g/mol. The Morgan fingerprint density at radius 3 is 2.79 bits per heavy atom. The molecular formula is C13H21N3O3. The number of amides is 1. The number of carboxylic acid groups (broad SMARTS) is 1. The molecule has 1 aromatic heterocycles. The fourth-order valence-electron chi connectivity index (χ4n) is 2.04. The molecular weight excluding hydrogens is 246 g/mol. The zero-order valence-electron chi connectivity index (χ0n) is 11.2. The van der Waals surface area contributed by atoms with E-state index in [0.29, 0.717) is 24.4 Å². The van der Waals surface area contributed by atoms with Crippen molar-refractivity contribution in [2.45, 2.75) is 39.0 Å². The van der Waals surface area contributed by atoms with Gasteiger partial charge in [-0.05, 0) is 18.8 Å². The van der Waals surface area contributed by atoms with Crippen molar-refractivity contribution in [3.8, 4) is 0 Å². The van der Waals surface area contributed by atoms with E-state index in [9.17, 15) is 9.59 Å². The Balaban J connectivity index is 2.27. The number of carbonyl (C=O) groups excluding carboxylic acids is 1. The summed E-state index contributed by atoms with van der Waals surface area (Å²) in [5.74, 6) is -0.559. The summed E-state index contributed by atoms with van der Waals surface area (Å²) < 4.78 is 0. The molecule has 0 spiro atoms. The summed E-state index contributed by atoms with van der Waals surface area (Å²) in [6.07, 6.45) is 6.72. The van der Waals surface area contributed by atoms with Crippen LogP contribution in [0.3, 0.4) is 0 Å². The zero-order chi connectivity index (χ0) is 14.1. The largest absolute Gasteiger partial charge is 0.481 e. The van der Waals surface area contributed by atoms with Crippen molar-refractivity contribution in [3.05, 3.63) is 18.0 Å². The minimum absolute atomic E-state index is 0.151. The minimum Gasteiger partial charge on any atom is -0.481 e. The molecule has 0 saturated carbocycles. The third kappa shape index (κ3) is 6.03. The van der Waals surface area contributed by atoms with Gasteiger partial charge in [-0.25, -0.2) is 0 Å². The summed E-state index contributed by atoms with van der Waals surface area (Å²) in [6, 6.07) is 0. The van der Waals surface area contributed by atoms with Crippen LogP contribution in [0.2, 0.25) is 0 Å². The molecule has 106 valence electrons. The first-order valence-corrected chi connectivity index (χ1v) is 6.62. The molecule has 0 bridgehead atoms. The lowest BCUT2D eigenvalue weighted by Crippen LogP contribution is -2.25. The predicted molar refractivity (Wildman–Crippen MR) is 70.8 cm³/mol. The van der Waals surface area contributed by atoms with Crippen molar-refractivity contribution in [2.75, 3.05) is 6.54 Å². The number of carboxylic acids is 1. The van der Waals surface area contributed by atoms with E-state index in [-0.39, 0.29) is 12.3 Å². The molecule has 0 aromatic carbocycles. The van der Waals surface area contributed by atoms with Gasteiger partial charge in [0, 0.05) is 19.2 Å². The summed E-state index contributed by atoms with van der Waals surface area (Å²) in [5.41, 5.74) is 0.512. The Morgan fingerprint density at radius 1 is 1.42 bits per heavy atom. The van der Waals surface area contributed by atoms with Crippen LogP contribution in [0.4, 0.5) is 0 Å². The average molecular weight is 267 g/mol. The molecule has 1 atom stereocenters. The van der Waals surface area contributed by atoms with Gasteiger partial charge in [-0.15, -0.1) is 0 Å². The van der Waals surface area contributed by atoms with Gasteiger partial charge in [0.15, 0.2) is 0 Å². The van der Waals surface area contributed by atoms with E-state index in [1.165, 1.54) is 6.20 Å². The predicted octanol–water partition coefficient (Wildman–Crippen LogP) is 1.81. The fourth-order valence-corrected chi connectivity index (χ4v) is 2.04. The van der Waals surface area contributed by atoms with Gasteiger partial charge in [0.05, 0.1) is 11.8 Å². The van der Waals surface area contributed by atoms with Crippen molar-refractivity contribution in [1.82, 2.24) is 15.5 Å². The Bertz CT molecular complexity index is 390. The van der Waals surface area contributed by atoms with Gasteiger partial charge >= 0.3 is 5.97 Å². The van der Waals surface area contributed by atoms with Crippen molar-refractivity contribution >= 4 is 11.9 Å². The summed E-state index contributed by atoms with van der Waals surface area (Å²) in [5, 5.41) is 17.8. The van der Waals surface area contributed by atoms with E-state index in [1.807, 2.05) is 0 Å². The highest BCUT2D eigenvalue weighted by atomic mass is 16.4. The highest BCUT2D eigenvalue weighted by Crippen LogP contribution is 2.17. The zero-order valence-corrected chi connectivity index (χ0v) is 11.2. The van der Waals surface area contributed by atoms with Crippen LogP contribution in [0.1, 0.15) is 49.4 Å². The van der Waals surface area contributed by atoms with E-state index in [1.54, 1.807) is 6.20 Å².